The Kier molecular flexibility index (Phi) is 3.70. The molecule has 5 heteroatoms. The van der Waals surface area contributed by atoms with Gasteiger partial charge in [-0.3, -0.25) is 14.3 Å². The van der Waals surface area contributed by atoms with Crippen molar-refractivity contribution in [3.63, 3.8) is 0 Å². The Bertz CT molecular complexity index is 659. The first kappa shape index (κ1) is 14.0. The van der Waals surface area contributed by atoms with Gasteiger partial charge in [-0.2, -0.15) is 5.10 Å². The number of amides is 1. The van der Waals surface area contributed by atoms with Gasteiger partial charge < -0.3 is 4.90 Å². The number of ketones is 1. The van der Waals surface area contributed by atoms with Crippen LogP contribution in [-0.2, 0) is 11.8 Å². The van der Waals surface area contributed by atoms with Crippen LogP contribution in [0.25, 0.3) is 0 Å². The number of nitrogens with zero attached hydrogens (tertiary/aromatic N) is 3. The van der Waals surface area contributed by atoms with E-state index in [-0.39, 0.29) is 0 Å². The topological polar surface area (TPSA) is 55.2 Å². The predicted molar refractivity (Wildman–Crippen MR) is 76.9 cm³/mol. The molecule has 2 rings (SSSR count). The quantitative estimate of drug-likeness (QED) is 0.632. The minimum absolute atomic E-state index is 0.389. The maximum Gasteiger partial charge on any atom is 0.299 e. The molecule has 1 aromatic heterocycles. The minimum Gasteiger partial charge on any atom is -0.309 e. The summed E-state index contributed by atoms with van der Waals surface area (Å²) in [6, 6.07) is 9.08. The number of carbonyl (C=O) groups is 2. The minimum atomic E-state index is -0.560. The maximum absolute atomic E-state index is 12.4. The molecule has 2 aromatic rings. The molecule has 0 radical (unpaired) electrons. The number of hydrogen-bond acceptors (Lipinski definition) is 3. The Morgan fingerprint density at radius 3 is 2.25 bits per heavy atom. The molecule has 1 heterocycles. The molecule has 0 aliphatic heterocycles. The second-order valence-electron chi connectivity index (χ2n) is 4.70. The number of benzene rings is 1. The molecule has 104 valence electrons. The lowest BCUT2D eigenvalue weighted by Crippen LogP contribution is -2.33. The van der Waals surface area contributed by atoms with Gasteiger partial charge in [-0.25, -0.2) is 0 Å². The van der Waals surface area contributed by atoms with E-state index in [0.717, 1.165) is 0 Å². The van der Waals surface area contributed by atoms with Crippen LogP contribution in [-0.4, -0.2) is 28.5 Å². The van der Waals surface area contributed by atoms with Crippen LogP contribution in [0, 0.1) is 13.8 Å². The van der Waals surface area contributed by atoms with Crippen molar-refractivity contribution in [3.05, 3.63) is 47.3 Å². The second kappa shape index (κ2) is 5.28. The van der Waals surface area contributed by atoms with Crippen molar-refractivity contribution in [2.75, 3.05) is 11.9 Å². The second-order valence-corrected chi connectivity index (χ2v) is 4.70. The van der Waals surface area contributed by atoms with Gasteiger partial charge in [0.1, 0.15) is 0 Å². The molecule has 1 aromatic carbocycles. The summed E-state index contributed by atoms with van der Waals surface area (Å²) in [4.78, 5) is 26.0. The zero-order valence-corrected chi connectivity index (χ0v) is 12.0. The number of hydrogen-bond donors (Lipinski definition) is 0. The van der Waals surface area contributed by atoms with E-state index in [1.807, 2.05) is 18.2 Å². The predicted octanol–water partition coefficient (Wildman–Crippen LogP) is 1.88. The Labute approximate surface area is 117 Å². The van der Waals surface area contributed by atoms with E-state index in [4.69, 9.17) is 0 Å². The van der Waals surface area contributed by atoms with Gasteiger partial charge in [-0.05, 0) is 26.0 Å². The highest BCUT2D eigenvalue weighted by Crippen LogP contribution is 2.17. The molecule has 0 aliphatic carbocycles. The number of para-hydroxylation sites is 1. The van der Waals surface area contributed by atoms with Crippen molar-refractivity contribution < 1.29 is 9.59 Å². The molecule has 0 fully saturated rings. The third-order valence-corrected chi connectivity index (χ3v) is 3.38. The molecule has 0 unspecified atom stereocenters. The molecule has 0 saturated carbocycles. The summed E-state index contributed by atoms with van der Waals surface area (Å²) in [5.74, 6) is -1.09. The maximum atomic E-state index is 12.4. The van der Waals surface area contributed by atoms with Gasteiger partial charge in [0.2, 0.25) is 0 Å². The number of carbonyl (C=O) groups excluding carboxylic acids is 2. The summed E-state index contributed by atoms with van der Waals surface area (Å²) >= 11 is 0. The highest BCUT2D eigenvalue weighted by Gasteiger charge is 2.26. The van der Waals surface area contributed by atoms with Crippen molar-refractivity contribution in [2.24, 2.45) is 7.05 Å². The van der Waals surface area contributed by atoms with E-state index >= 15 is 0 Å². The summed E-state index contributed by atoms with van der Waals surface area (Å²) < 4.78 is 1.61. The fraction of sp³-hybridized carbons (Fsp3) is 0.267. The van der Waals surface area contributed by atoms with E-state index < -0.39 is 11.7 Å². The summed E-state index contributed by atoms with van der Waals surface area (Å²) in [6.07, 6.45) is 0. The normalized spacial score (nSPS) is 10.4. The average Bonchev–Trinajstić information content (AvgIpc) is 2.71. The van der Waals surface area contributed by atoms with Crippen LogP contribution < -0.4 is 4.90 Å². The van der Waals surface area contributed by atoms with Gasteiger partial charge in [0, 0.05) is 25.5 Å². The highest BCUT2D eigenvalue weighted by atomic mass is 16.2. The molecule has 1 amide bonds. The number of Topliss-reactive ketones (excluding diaryl/α,β-unsaturated/α-hetero) is 1. The first-order chi connectivity index (χ1) is 9.43. The molecule has 0 bridgehead atoms. The first-order valence-electron chi connectivity index (χ1n) is 6.31. The molecule has 0 N–H and O–H groups in total. The van der Waals surface area contributed by atoms with Crippen LogP contribution in [0.1, 0.15) is 21.7 Å². The third-order valence-electron chi connectivity index (χ3n) is 3.38. The van der Waals surface area contributed by atoms with E-state index in [2.05, 4.69) is 5.10 Å². The van der Waals surface area contributed by atoms with Gasteiger partial charge in [0.15, 0.2) is 0 Å². The molecule has 0 aliphatic rings. The van der Waals surface area contributed by atoms with Crippen LogP contribution in [0.15, 0.2) is 30.3 Å². The summed E-state index contributed by atoms with van der Waals surface area (Å²) in [5, 5.41) is 4.17. The third kappa shape index (κ3) is 2.34. The van der Waals surface area contributed by atoms with Crippen LogP contribution in [0.4, 0.5) is 5.69 Å². The van der Waals surface area contributed by atoms with E-state index in [1.54, 1.807) is 44.8 Å². The smallest absolute Gasteiger partial charge is 0.299 e. The van der Waals surface area contributed by atoms with Crippen LogP contribution in [0.2, 0.25) is 0 Å². The van der Waals surface area contributed by atoms with Gasteiger partial charge in [-0.1, -0.05) is 18.2 Å². The first-order valence-corrected chi connectivity index (χ1v) is 6.31. The fourth-order valence-corrected chi connectivity index (χ4v) is 2.13. The van der Waals surface area contributed by atoms with E-state index in [1.165, 1.54) is 4.90 Å². The molecule has 0 saturated heterocycles. The van der Waals surface area contributed by atoms with Crippen molar-refractivity contribution in [1.29, 1.82) is 0 Å². The van der Waals surface area contributed by atoms with Crippen LogP contribution in [0.3, 0.4) is 0 Å². The van der Waals surface area contributed by atoms with Crippen molar-refractivity contribution in [3.8, 4) is 0 Å². The number of aromatic nitrogens is 2. The van der Waals surface area contributed by atoms with E-state index in [9.17, 15) is 9.59 Å². The molecule has 0 spiro atoms. The SMILES string of the molecule is Cc1nn(C)c(C)c1C(=O)C(=O)N(C)c1ccccc1. The Morgan fingerprint density at radius 1 is 1.15 bits per heavy atom. The number of rotatable bonds is 3. The number of aryl methyl sites for hydroxylation is 2. The van der Waals surface area contributed by atoms with Crippen LogP contribution in [0.5, 0.6) is 0 Å². The van der Waals surface area contributed by atoms with E-state index in [0.29, 0.717) is 22.6 Å². The lowest BCUT2D eigenvalue weighted by atomic mass is 10.1. The fourth-order valence-electron chi connectivity index (χ4n) is 2.13. The van der Waals surface area contributed by atoms with Gasteiger partial charge in [0.05, 0.1) is 11.3 Å². The number of anilines is 1. The van der Waals surface area contributed by atoms with Crippen molar-refractivity contribution >= 4 is 17.4 Å². The Hall–Kier alpha value is -2.43. The van der Waals surface area contributed by atoms with Gasteiger partial charge in [-0.15, -0.1) is 0 Å². The largest absolute Gasteiger partial charge is 0.309 e. The summed E-state index contributed by atoms with van der Waals surface area (Å²) in [6.45, 7) is 3.51. The Balaban J connectivity index is 2.32. The molecule has 5 nitrogen and oxygen atoms in total. The zero-order chi connectivity index (χ0) is 14.9. The van der Waals surface area contributed by atoms with Crippen molar-refractivity contribution in [2.45, 2.75) is 13.8 Å². The molecule has 0 atom stereocenters. The zero-order valence-electron chi connectivity index (χ0n) is 12.0. The summed E-state index contributed by atoms with van der Waals surface area (Å²) in [7, 11) is 3.35. The molecular formula is C15H17N3O2. The number of likely N-dealkylation sites (N-methyl/N-ethyl adjacent to an activating group) is 1. The lowest BCUT2D eigenvalue weighted by molar-refractivity contribution is -0.114. The van der Waals surface area contributed by atoms with Gasteiger partial charge in [0.25, 0.3) is 11.7 Å². The summed E-state index contributed by atoms with van der Waals surface area (Å²) in [5.41, 5.74) is 2.34. The van der Waals surface area contributed by atoms with Gasteiger partial charge >= 0.3 is 0 Å². The monoisotopic (exact) mass is 271 g/mol. The molecule has 20 heavy (non-hydrogen) atoms. The lowest BCUT2D eigenvalue weighted by Gasteiger charge is -2.16. The van der Waals surface area contributed by atoms with Crippen molar-refractivity contribution in [1.82, 2.24) is 9.78 Å². The average molecular weight is 271 g/mol. The molecular weight excluding hydrogens is 254 g/mol. The van der Waals surface area contributed by atoms with Crippen LogP contribution >= 0.6 is 0 Å². The highest BCUT2D eigenvalue weighted by molar-refractivity contribution is 6.47. The standard InChI is InChI=1S/C15H17N3O2/c1-10-13(11(2)18(4)16-10)14(19)15(20)17(3)12-8-6-5-7-9-12/h5-9H,1-4H3. The Morgan fingerprint density at radius 2 is 1.75 bits per heavy atom.